The molecule has 3 rings (SSSR count). The smallest absolute Gasteiger partial charge is 0.258 e. The van der Waals surface area contributed by atoms with Gasteiger partial charge in [0.25, 0.3) is 5.91 Å². The molecule has 0 spiro atoms. The molecule has 6 heteroatoms. The van der Waals surface area contributed by atoms with E-state index in [9.17, 15) is 14.0 Å². The first-order valence-corrected chi connectivity index (χ1v) is 9.16. The lowest BCUT2D eigenvalue weighted by Gasteiger charge is -2.15. The second kappa shape index (κ2) is 9.50. The second-order valence-electron chi connectivity index (χ2n) is 6.44. The standard InChI is InChI=1S/C23H21FN2O3/c1-16(23(28)26-21-10-6-5-9-20(21)24)25-22(27)15-29-19-13-11-18(12-14-19)17-7-3-2-4-8-17/h2-14,16H,15H2,1H3,(H,25,27)(H,26,28). The van der Waals surface area contributed by atoms with E-state index in [-0.39, 0.29) is 12.3 Å². The Balaban J connectivity index is 1.48. The van der Waals surface area contributed by atoms with E-state index in [4.69, 9.17) is 4.74 Å². The Morgan fingerprint density at radius 2 is 1.52 bits per heavy atom. The highest BCUT2D eigenvalue weighted by atomic mass is 19.1. The number of carbonyl (C=O) groups is 2. The van der Waals surface area contributed by atoms with Crippen molar-refractivity contribution in [3.05, 3.63) is 84.7 Å². The zero-order valence-electron chi connectivity index (χ0n) is 15.9. The minimum absolute atomic E-state index is 0.0633. The van der Waals surface area contributed by atoms with Gasteiger partial charge in [0.05, 0.1) is 5.69 Å². The molecule has 0 saturated carbocycles. The molecule has 0 saturated heterocycles. The molecule has 0 heterocycles. The van der Waals surface area contributed by atoms with Crippen molar-refractivity contribution in [1.82, 2.24) is 5.32 Å². The van der Waals surface area contributed by atoms with Gasteiger partial charge in [0.1, 0.15) is 17.6 Å². The van der Waals surface area contributed by atoms with Crippen LogP contribution in [0.3, 0.4) is 0 Å². The zero-order chi connectivity index (χ0) is 20.6. The van der Waals surface area contributed by atoms with Crippen molar-refractivity contribution in [3.63, 3.8) is 0 Å². The maximum absolute atomic E-state index is 13.6. The molecule has 0 fully saturated rings. The molecular formula is C23H21FN2O3. The minimum atomic E-state index is -0.842. The summed E-state index contributed by atoms with van der Waals surface area (Å²) < 4.78 is 19.1. The number of hydrogen-bond acceptors (Lipinski definition) is 3. The van der Waals surface area contributed by atoms with Crippen LogP contribution in [0.25, 0.3) is 11.1 Å². The molecule has 0 aliphatic heterocycles. The topological polar surface area (TPSA) is 67.4 Å². The number of amides is 2. The van der Waals surface area contributed by atoms with Crippen molar-refractivity contribution in [2.24, 2.45) is 0 Å². The Hall–Kier alpha value is -3.67. The second-order valence-corrected chi connectivity index (χ2v) is 6.44. The lowest BCUT2D eigenvalue weighted by Crippen LogP contribution is -2.43. The molecule has 148 valence electrons. The normalized spacial score (nSPS) is 11.4. The van der Waals surface area contributed by atoms with Crippen molar-refractivity contribution in [3.8, 4) is 16.9 Å². The van der Waals surface area contributed by atoms with Crippen LogP contribution in [-0.4, -0.2) is 24.5 Å². The number of ether oxygens (including phenoxy) is 1. The van der Waals surface area contributed by atoms with Gasteiger partial charge in [0, 0.05) is 0 Å². The predicted molar refractivity (Wildman–Crippen MR) is 110 cm³/mol. The molecule has 0 aliphatic rings. The van der Waals surface area contributed by atoms with Crippen molar-refractivity contribution >= 4 is 17.5 Å². The first-order valence-electron chi connectivity index (χ1n) is 9.16. The molecule has 1 atom stereocenters. The van der Waals surface area contributed by atoms with E-state index in [2.05, 4.69) is 10.6 Å². The van der Waals surface area contributed by atoms with Gasteiger partial charge in [-0.25, -0.2) is 4.39 Å². The van der Waals surface area contributed by atoms with Crippen molar-refractivity contribution in [2.75, 3.05) is 11.9 Å². The highest BCUT2D eigenvalue weighted by molar-refractivity contribution is 5.97. The summed E-state index contributed by atoms with van der Waals surface area (Å²) in [6.45, 7) is 1.28. The molecule has 2 amide bonds. The number of hydrogen-bond donors (Lipinski definition) is 2. The fourth-order valence-electron chi connectivity index (χ4n) is 2.68. The number of rotatable bonds is 7. The number of halogens is 1. The van der Waals surface area contributed by atoms with Crippen molar-refractivity contribution < 1.29 is 18.7 Å². The van der Waals surface area contributed by atoms with E-state index in [1.54, 1.807) is 18.2 Å². The number of carbonyl (C=O) groups excluding carboxylic acids is 2. The third-order valence-corrected chi connectivity index (χ3v) is 4.23. The van der Waals surface area contributed by atoms with Crippen LogP contribution >= 0.6 is 0 Å². The van der Waals surface area contributed by atoms with Crippen LogP contribution in [0.15, 0.2) is 78.9 Å². The van der Waals surface area contributed by atoms with Gasteiger partial charge < -0.3 is 15.4 Å². The van der Waals surface area contributed by atoms with Crippen LogP contribution in [0.1, 0.15) is 6.92 Å². The van der Waals surface area contributed by atoms with Crippen LogP contribution < -0.4 is 15.4 Å². The average Bonchev–Trinajstić information content (AvgIpc) is 2.75. The van der Waals surface area contributed by atoms with Gasteiger partial charge >= 0.3 is 0 Å². The van der Waals surface area contributed by atoms with Gasteiger partial charge in [0.2, 0.25) is 5.91 Å². The summed E-state index contributed by atoms with van der Waals surface area (Å²) in [6.07, 6.45) is 0. The van der Waals surface area contributed by atoms with E-state index in [1.807, 2.05) is 42.5 Å². The summed E-state index contributed by atoms with van der Waals surface area (Å²) >= 11 is 0. The van der Waals surface area contributed by atoms with Crippen molar-refractivity contribution in [2.45, 2.75) is 13.0 Å². The fraction of sp³-hybridized carbons (Fsp3) is 0.130. The lowest BCUT2D eigenvalue weighted by molar-refractivity contribution is -0.127. The molecule has 0 bridgehead atoms. The third-order valence-electron chi connectivity index (χ3n) is 4.23. The Labute approximate surface area is 168 Å². The zero-order valence-corrected chi connectivity index (χ0v) is 15.9. The van der Waals surface area contributed by atoms with Gasteiger partial charge in [-0.05, 0) is 42.3 Å². The molecule has 1 unspecified atom stereocenters. The molecule has 5 nitrogen and oxygen atoms in total. The molecule has 0 aromatic heterocycles. The summed E-state index contributed by atoms with van der Waals surface area (Å²) in [7, 11) is 0. The van der Waals surface area contributed by atoms with E-state index >= 15 is 0 Å². The maximum atomic E-state index is 13.6. The molecule has 29 heavy (non-hydrogen) atoms. The highest BCUT2D eigenvalue weighted by Gasteiger charge is 2.17. The summed E-state index contributed by atoms with van der Waals surface area (Å²) in [6, 6.07) is 22.3. The molecule has 0 radical (unpaired) electrons. The van der Waals surface area contributed by atoms with Gasteiger partial charge in [-0.15, -0.1) is 0 Å². The summed E-state index contributed by atoms with van der Waals surface area (Å²) in [5.41, 5.74) is 2.20. The van der Waals surface area contributed by atoms with Crippen LogP contribution in [-0.2, 0) is 9.59 Å². The van der Waals surface area contributed by atoms with E-state index < -0.39 is 23.7 Å². The van der Waals surface area contributed by atoms with Gasteiger partial charge in [-0.3, -0.25) is 9.59 Å². The Morgan fingerprint density at radius 3 is 2.21 bits per heavy atom. The molecule has 0 aliphatic carbocycles. The fourth-order valence-corrected chi connectivity index (χ4v) is 2.68. The average molecular weight is 392 g/mol. The SMILES string of the molecule is CC(NC(=O)COc1ccc(-c2ccccc2)cc1)C(=O)Nc1ccccc1F. The molecule has 3 aromatic rings. The Morgan fingerprint density at radius 1 is 0.897 bits per heavy atom. The monoisotopic (exact) mass is 392 g/mol. The molecule has 2 N–H and O–H groups in total. The van der Waals surface area contributed by atoms with Crippen LogP contribution in [0.5, 0.6) is 5.75 Å². The van der Waals surface area contributed by atoms with Crippen LogP contribution in [0, 0.1) is 5.82 Å². The van der Waals surface area contributed by atoms with Gasteiger partial charge in [-0.1, -0.05) is 54.6 Å². The summed E-state index contributed by atoms with van der Waals surface area (Å²) in [5.74, 6) is -0.964. The molecule has 3 aromatic carbocycles. The number of anilines is 1. The van der Waals surface area contributed by atoms with Crippen molar-refractivity contribution in [1.29, 1.82) is 0 Å². The summed E-state index contributed by atoms with van der Waals surface area (Å²) in [4.78, 5) is 24.2. The third kappa shape index (κ3) is 5.65. The van der Waals surface area contributed by atoms with Gasteiger partial charge in [-0.2, -0.15) is 0 Å². The lowest BCUT2D eigenvalue weighted by atomic mass is 10.1. The van der Waals surface area contributed by atoms with E-state index in [0.717, 1.165) is 11.1 Å². The van der Waals surface area contributed by atoms with Gasteiger partial charge in [0.15, 0.2) is 6.61 Å². The quantitative estimate of drug-likeness (QED) is 0.638. The number of nitrogens with one attached hydrogen (secondary N) is 2. The van der Waals surface area contributed by atoms with E-state index in [0.29, 0.717) is 5.75 Å². The largest absolute Gasteiger partial charge is 0.484 e. The van der Waals surface area contributed by atoms with Crippen LogP contribution in [0.2, 0.25) is 0 Å². The predicted octanol–water partition coefficient (Wildman–Crippen LogP) is 4.01. The Bertz CT molecular complexity index is 975. The minimum Gasteiger partial charge on any atom is -0.484 e. The highest BCUT2D eigenvalue weighted by Crippen LogP contribution is 2.22. The number of para-hydroxylation sites is 1. The first kappa shape index (κ1) is 20.1. The first-order chi connectivity index (χ1) is 14.0. The van der Waals surface area contributed by atoms with Crippen LogP contribution in [0.4, 0.5) is 10.1 Å². The molecular weight excluding hydrogens is 371 g/mol. The summed E-state index contributed by atoms with van der Waals surface area (Å²) in [5, 5.41) is 4.97. The Kier molecular flexibility index (Phi) is 6.58. The maximum Gasteiger partial charge on any atom is 0.258 e. The number of benzene rings is 3. The van der Waals surface area contributed by atoms with E-state index in [1.165, 1.54) is 25.1 Å².